The summed E-state index contributed by atoms with van der Waals surface area (Å²) >= 11 is 1.61. The summed E-state index contributed by atoms with van der Waals surface area (Å²) in [5.41, 5.74) is -0.518. The maximum atomic E-state index is 15.0. The average Bonchev–Trinajstić information content (AvgIpc) is 2.83. The molecule has 0 radical (unpaired) electrons. The van der Waals surface area contributed by atoms with Crippen LogP contribution in [0.3, 0.4) is 0 Å². The number of halogens is 3. The predicted molar refractivity (Wildman–Crippen MR) is 114 cm³/mol. The third-order valence-corrected chi connectivity index (χ3v) is 3.91. The molecule has 0 unspecified atom stereocenters. The quantitative estimate of drug-likeness (QED) is 0.177. The summed E-state index contributed by atoms with van der Waals surface area (Å²) in [5.74, 6) is -3.15. The van der Waals surface area contributed by atoms with E-state index in [4.69, 9.17) is 4.74 Å². The Bertz CT molecular complexity index is 882. The summed E-state index contributed by atoms with van der Waals surface area (Å²) in [6, 6.07) is 12.5. The molecule has 0 amide bonds. The molecule has 1 aromatic carbocycles. The number of hydrogen-bond donors (Lipinski definition) is 0. The normalized spacial score (nSPS) is 9.68. The van der Waals surface area contributed by atoms with Gasteiger partial charge in [0.2, 0.25) is 0 Å². The standard InChI is InChI=1S/C21H17F2N2O2.C2H6.ClH.Pt/c1-2-3-12-27-21(26)18-19(22)14(16-8-4-6-10-24-16)13-15(20(18)23)17-9-5-7-11-25-17;1-2;;/h4-11H,2-3,12H2,1H3;1-2H3;1H;/q-1;;;+2/p-1. The fraction of sp³-hybridized carbons (Fsp3) is 0.261. The van der Waals surface area contributed by atoms with Gasteiger partial charge in [0.15, 0.2) is 0 Å². The van der Waals surface area contributed by atoms with Gasteiger partial charge in [-0.15, -0.1) is 6.07 Å². The first-order chi connectivity index (χ1) is 15.1. The molecule has 31 heavy (non-hydrogen) atoms. The fourth-order valence-corrected chi connectivity index (χ4v) is 2.52. The van der Waals surface area contributed by atoms with Gasteiger partial charge in [0.25, 0.3) is 0 Å². The van der Waals surface area contributed by atoms with Crippen molar-refractivity contribution in [2.45, 2.75) is 33.6 Å². The van der Waals surface area contributed by atoms with E-state index in [9.17, 15) is 4.79 Å². The van der Waals surface area contributed by atoms with Crippen molar-refractivity contribution in [2.24, 2.45) is 0 Å². The van der Waals surface area contributed by atoms with E-state index in [1.807, 2.05) is 20.8 Å². The van der Waals surface area contributed by atoms with Crippen LogP contribution in [-0.4, -0.2) is 22.5 Å². The Kier molecular flexibility index (Phi) is 12.8. The Morgan fingerprint density at radius 1 is 1.00 bits per heavy atom. The molecule has 2 aromatic heterocycles. The van der Waals surface area contributed by atoms with E-state index in [-0.39, 0.29) is 29.1 Å². The Balaban J connectivity index is 0.00000113. The molecular formula is C23H23ClF2N2O2Pt. The fourth-order valence-electron chi connectivity index (χ4n) is 2.52. The van der Waals surface area contributed by atoms with Gasteiger partial charge in [0, 0.05) is 23.8 Å². The van der Waals surface area contributed by atoms with Crippen LogP contribution in [0, 0.1) is 17.7 Å². The Morgan fingerprint density at radius 2 is 1.48 bits per heavy atom. The number of carbonyl (C=O) groups is 1. The average molecular weight is 628 g/mol. The summed E-state index contributed by atoms with van der Waals surface area (Å²) in [6.07, 6.45) is 4.35. The van der Waals surface area contributed by atoms with E-state index in [1.54, 1.807) is 55.2 Å². The van der Waals surface area contributed by atoms with Gasteiger partial charge < -0.3 is 4.74 Å². The minimum atomic E-state index is -1.05. The molecule has 8 heteroatoms. The van der Waals surface area contributed by atoms with Crippen LogP contribution in [0.5, 0.6) is 0 Å². The zero-order chi connectivity index (χ0) is 23.2. The molecule has 0 N–H and O–H groups in total. The second-order valence-corrected chi connectivity index (χ2v) is 5.80. The van der Waals surface area contributed by atoms with Crippen LogP contribution in [-0.2, 0) is 23.5 Å². The molecule has 4 nitrogen and oxygen atoms in total. The molecule has 0 bridgehead atoms. The zero-order valence-electron chi connectivity index (χ0n) is 17.4. The molecule has 0 atom stereocenters. The number of esters is 1. The Hall–Kier alpha value is -2.17. The van der Waals surface area contributed by atoms with Gasteiger partial charge in [-0.25, -0.2) is 4.79 Å². The number of pyridine rings is 2. The molecule has 168 valence electrons. The molecule has 0 aliphatic rings. The summed E-state index contributed by atoms with van der Waals surface area (Å²) < 4.78 is 35.1. The van der Waals surface area contributed by atoms with Crippen molar-refractivity contribution in [3.8, 4) is 22.5 Å². The van der Waals surface area contributed by atoms with E-state index in [2.05, 4.69) is 25.5 Å². The van der Waals surface area contributed by atoms with Crippen LogP contribution in [0.15, 0.2) is 48.8 Å². The van der Waals surface area contributed by atoms with Crippen LogP contribution >= 0.6 is 9.42 Å². The summed E-state index contributed by atoms with van der Waals surface area (Å²) in [6.45, 7) is 6.01. The van der Waals surface area contributed by atoms with Crippen molar-refractivity contribution in [2.75, 3.05) is 6.61 Å². The molecule has 0 fully saturated rings. The maximum absolute atomic E-state index is 15.0. The first kappa shape index (κ1) is 26.9. The predicted octanol–water partition coefficient (Wildman–Crippen LogP) is 6.56. The number of carbonyl (C=O) groups excluding carboxylic acids is 1. The van der Waals surface area contributed by atoms with Crippen molar-refractivity contribution in [3.05, 3.63) is 72.1 Å². The molecule has 0 saturated carbocycles. The number of nitrogens with zero attached hydrogens (tertiary/aromatic N) is 2. The first-order valence-corrected chi connectivity index (χ1v) is 12.5. The molecule has 0 spiro atoms. The summed E-state index contributed by atoms with van der Waals surface area (Å²) in [7, 11) is 4.61. The van der Waals surface area contributed by atoms with Crippen molar-refractivity contribution < 1.29 is 37.1 Å². The van der Waals surface area contributed by atoms with E-state index in [0.717, 1.165) is 6.42 Å². The van der Waals surface area contributed by atoms with E-state index in [1.165, 1.54) is 12.4 Å². The van der Waals surface area contributed by atoms with Gasteiger partial charge in [0.05, 0.1) is 23.8 Å². The monoisotopic (exact) mass is 627 g/mol. The van der Waals surface area contributed by atoms with Gasteiger partial charge >= 0.3 is 34.2 Å². The van der Waals surface area contributed by atoms with E-state index in [0.29, 0.717) is 6.42 Å². The topological polar surface area (TPSA) is 52.1 Å². The second kappa shape index (κ2) is 14.8. The Labute approximate surface area is 196 Å². The Morgan fingerprint density at radius 3 is 1.87 bits per heavy atom. The zero-order valence-corrected chi connectivity index (χ0v) is 20.4. The number of benzene rings is 1. The molecular weight excluding hydrogens is 605 g/mol. The molecule has 0 aliphatic heterocycles. The number of aromatic nitrogens is 2. The SMILES string of the molecule is CC.CCCCOC(=O)c1c(F)c(-c2ccccn2)[c-]c(-c2ccccn2)c1F.[Cl][Pt+]. The third-order valence-electron chi connectivity index (χ3n) is 3.91. The second-order valence-electron chi connectivity index (χ2n) is 5.80. The van der Waals surface area contributed by atoms with Gasteiger partial charge in [-0.2, -0.15) is 0 Å². The summed E-state index contributed by atoms with van der Waals surface area (Å²) in [4.78, 5) is 20.5. The first-order valence-electron chi connectivity index (χ1n) is 9.69. The van der Waals surface area contributed by atoms with Crippen LogP contribution in [0.2, 0.25) is 0 Å². The van der Waals surface area contributed by atoms with Crippen LogP contribution in [0.25, 0.3) is 22.5 Å². The van der Waals surface area contributed by atoms with Crippen molar-refractivity contribution >= 4 is 15.4 Å². The number of hydrogen-bond acceptors (Lipinski definition) is 4. The molecule has 0 aliphatic carbocycles. The van der Waals surface area contributed by atoms with Crippen molar-refractivity contribution in [1.29, 1.82) is 0 Å². The molecule has 3 aromatic rings. The minimum absolute atomic E-state index is 0.0880. The van der Waals surface area contributed by atoms with E-state index < -0.39 is 23.2 Å². The number of rotatable bonds is 6. The third kappa shape index (κ3) is 7.19. The summed E-state index contributed by atoms with van der Waals surface area (Å²) in [5, 5.41) is 0. The van der Waals surface area contributed by atoms with Crippen molar-refractivity contribution in [1.82, 2.24) is 9.97 Å². The van der Waals surface area contributed by atoms with Crippen molar-refractivity contribution in [3.63, 3.8) is 0 Å². The van der Waals surface area contributed by atoms with Gasteiger partial charge in [-0.05, 0) is 18.6 Å². The van der Waals surface area contributed by atoms with Gasteiger partial charge in [0.1, 0.15) is 0 Å². The number of ether oxygens (including phenoxy) is 1. The van der Waals surface area contributed by atoms with Crippen LogP contribution < -0.4 is 0 Å². The molecule has 3 rings (SSSR count). The van der Waals surface area contributed by atoms with Gasteiger partial charge in [-0.1, -0.05) is 62.6 Å². The molecule has 2 heterocycles. The van der Waals surface area contributed by atoms with Gasteiger partial charge in [-0.3, -0.25) is 18.7 Å². The number of unbranched alkanes of at least 4 members (excludes halogenated alkanes) is 1. The van der Waals surface area contributed by atoms with E-state index >= 15 is 8.78 Å². The molecule has 0 saturated heterocycles. The van der Waals surface area contributed by atoms with Crippen LogP contribution in [0.4, 0.5) is 8.78 Å². The van der Waals surface area contributed by atoms with Crippen LogP contribution in [0.1, 0.15) is 44.0 Å².